The van der Waals surface area contributed by atoms with E-state index in [0.717, 1.165) is 43.2 Å². The summed E-state index contributed by atoms with van der Waals surface area (Å²) in [4.78, 5) is 288. The number of carboxylic acids is 1. The molecule has 782 valence electrons. The van der Waals surface area contributed by atoms with Crippen molar-refractivity contribution in [2.24, 2.45) is 40.9 Å². The van der Waals surface area contributed by atoms with Crippen LogP contribution in [0.5, 0.6) is 0 Å². The third kappa shape index (κ3) is 36.6. The van der Waals surface area contributed by atoms with Crippen LogP contribution in [0.4, 0.5) is 0 Å². The number of carbonyl (C=O) groups is 19. The molecule has 49 heteroatoms. The van der Waals surface area contributed by atoms with Crippen molar-refractivity contribution >= 4 is 173 Å². The number of amides is 18. The molecular weight excluding hydrogens is 1920 g/mol. The van der Waals surface area contributed by atoms with Crippen molar-refractivity contribution in [1.29, 1.82) is 5.41 Å². The standard InChI is InChI=1S/C92H143N23O21S5/c1-48(2)40-59-79(123)110-71(50(5)6)87(131)101-58(33-39-137-11)88(132)113-36-21-31-68(113)85(129)112-72(51(7)8)90(134)115-38-23-32-69(115)89(133)114-37-22-30-67(114)84(128)104-60(41-54-24-14-12-15-25-54)77(121)98-53(10)74(118)106-66-47-141-140-46-65(107-76(120)57(99-73(117)52(9)94)29-20-35-97-92(95)96)82(126)109-63(80(124)102-59)44-138-139-45-64(81(125)105-62(43-116)91(135)136)108-78(122)61(42-55-26-16-13-17-27-55)103-75(119)56(28-18-19-34-93)100-86(130)70(49(3)4)111-83(66)127/h12-17,24-27,48-53,56-72,116H,18-23,28-47,93-94H2,1-11H3,(H,98,121)(H,99,117)(H,100,130)(H,101,131)(H,102,124)(H,103,119)(H,104,128)(H,105,125)(H,106,118)(H,107,120)(H,108,122)(H,109,126)(H,110,123)(H,111,127)(H,112,129)(H,135,136)(H4,95,96,97)/t52-,53-,56-,57-,58-,59-,60-,61-,62-,63-,64-,65-,66-,67-,68-,69-,70-,71-,72-/m0/s1. The van der Waals surface area contributed by atoms with Gasteiger partial charge in [-0.3, -0.25) is 91.7 Å². The molecule has 7 rings (SSSR count). The molecule has 0 unspecified atom stereocenters. The van der Waals surface area contributed by atoms with Crippen LogP contribution >= 0.6 is 54.9 Å². The van der Waals surface area contributed by atoms with Crippen LogP contribution in [0.2, 0.25) is 0 Å². The molecular formula is C92H143N23O21S5. The minimum atomic E-state index is -1.95. The van der Waals surface area contributed by atoms with Gasteiger partial charge in [0.05, 0.1) is 12.6 Å². The number of carbonyl (C=O) groups excluding carboxylic acids is 18. The zero-order chi connectivity index (χ0) is 104. The van der Waals surface area contributed by atoms with Crippen molar-refractivity contribution in [3.05, 3.63) is 71.8 Å². The van der Waals surface area contributed by atoms with Crippen molar-refractivity contribution in [3.8, 4) is 0 Å². The number of thioether (sulfide) groups is 1. The maximum absolute atomic E-state index is 15.7. The van der Waals surface area contributed by atoms with Gasteiger partial charge >= 0.3 is 5.97 Å². The highest BCUT2D eigenvalue weighted by atomic mass is 33.1. The first-order valence-corrected chi connectivity index (χ1v) is 54.2. The van der Waals surface area contributed by atoms with Crippen molar-refractivity contribution in [2.45, 2.75) is 280 Å². The molecule has 5 heterocycles. The van der Waals surface area contributed by atoms with Gasteiger partial charge in [-0.1, -0.05) is 159 Å². The number of nitrogens with zero attached hydrogens (tertiary/aromatic N) is 3. The summed E-state index contributed by atoms with van der Waals surface area (Å²) >= 11 is 1.36. The first-order chi connectivity index (χ1) is 67.0. The molecule has 5 fully saturated rings. The molecule has 0 saturated carbocycles. The van der Waals surface area contributed by atoms with Gasteiger partial charge in [0.15, 0.2) is 5.96 Å². The average Bonchev–Trinajstić information content (AvgIpc) is 1.64. The number of hydrogen-bond acceptors (Lipinski definition) is 28. The predicted octanol–water partition coefficient (Wildman–Crippen LogP) is -2.89. The Morgan fingerprint density at radius 2 is 0.943 bits per heavy atom. The third-order valence-electron chi connectivity index (χ3n) is 24.4. The van der Waals surface area contributed by atoms with Crippen LogP contribution in [0.15, 0.2) is 60.7 Å². The number of hydrogen-bond donors (Lipinski definition) is 22. The normalized spacial score (nSPS) is 26.5. The van der Waals surface area contributed by atoms with Gasteiger partial charge in [0, 0.05) is 62.0 Å². The minimum absolute atomic E-state index is 0.00339. The Morgan fingerprint density at radius 3 is 1.47 bits per heavy atom. The van der Waals surface area contributed by atoms with E-state index in [2.05, 4.69) is 85.1 Å². The molecule has 2 bridgehead atoms. The van der Waals surface area contributed by atoms with Gasteiger partial charge in [-0.2, -0.15) is 11.8 Å². The van der Waals surface area contributed by atoms with Crippen LogP contribution < -0.4 is 102 Å². The number of aliphatic hydroxyl groups excluding tert-OH is 1. The molecule has 5 saturated heterocycles. The van der Waals surface area contributed by atoms with Crippen LogP contribution in [0.3, 0.4) is 0 Å². The van der Waals surface area contributed by atoms with E-state index in [1.807, 2.05) is 0 Å². The van der Waals surface area contributed by atoms with Gasteiger partial charge in [-0.15, -0.1) is 0 Å². The summed E-state index contributed by atoms with van der Waals surface area (Å²) in [6.45, 7) is 15.1. The van der Waals surface area contributed by atoms with Crippen LogP contribution in [-0.4, -0.2) is 332 Å². The highest BCUT2D eigenvalue weighted by Crippen LogP contribution is 2.31. The fraction of sp³-hybridized carbons (Fsp3) is 0.652. The van der Waals surface area contributed by atoms with Crippen molar-refractivity contribution in [3.63, 3.8) is 0 Å². The number of nitrogens with two attached hydrogens (primary N) is 3. The molecule has 44 nitrogen and oxygen atoms in total. The van der Waals surface area contributed by atoms with Gasteiger partial charge in [0.1, 0.15) is 109 Å². The summed E-state index contributed by atoms with van der Waals surface area (Å²) in [5.41, 5.74) is 18.6. The van der Waals surface area contributed by atoms with Crippen LogP contribution in [0.25, 0.3) is 0 Å². The monoisotopic (exact) mass is 2070 g/mol. The SMILES string of the molecule is CSCC[C@@H]1NC(=O)[C@H](C(C)C)NC(=O)[C@H](CC(C)C)NC(=O)[C@@H]2CSSC[C@@H](C(=O)N[C@@H](CO)C(=O)O)NC(=O)[C@H](Cc3ccccc3)NC(=O)[C@H](CCCCN)NC(=O)[C@H](C(C)C)NC(=O)[C@H](CSSC[C@H](NC(=O)[C@H](CCCNC(=N)N)NC(=O)[C@H](C)N)C(=O)N2)NC(=O)[C@H](C)NC(=O)[C@H](Cc2ccccc2)NC(=O)[C@@H]2CCCN2C(=O)[C@@H]2CCCN2C(=O)[C@H](C(C)C)NC(=O)[C@@H]2CCCN2C1=O. The number of benzene rings is 2. The second-order valence-electron chi connectivity index (χ2n) is 37.2. The van der Waals surface area contributed by atoms with Crippen LogP contribution in [0.1, 0.15) is 164 Å². The quantitative estimate of drug-likeness (QED) is 0.0176. The Kier molecular flexibility index (Phi) is 48.8. The molecule has 5 aliphatic heterocycles. The van der Waals surface area contributed by atoms with Gasteiger partial charge in [0.2, 0.25) is 106 Å². The average molecular weight is 2070 g/mol. The van der Waals surface area contributed by atoms with Crippen molar-refractivity contribution < 1.29 is 101 Å². The largest absolute Gasteiger partial charge is 0.480 e. The lowest BCUT2D eigenvalue weighted by Gasteiger charge is -2.35. The molecule has 2 aromatic carbocycles. The summed E-state index contributed by atoms with van der Waals surface area (Å²) in [5.74, 6) is -22.7. The fourth-order valence-electron chi connectivity index (χ4n) is 16.5. The topological polar surface area (TPSA) is 669 Å². The van der Waals surface area contributed by atoms with E-state index in [0.29, 0.717) is 42.6 Å². The molecule has 19 atom stereocenters. The Balaban J connectivity index is 1.43. The molecule has 0 aliphatic carbocycles. The number of guanidine groups is 1. The molecule has 0 aromatic heterocycles. The molecule has 141 heavy (non-hydrogen) atoms. The number of carboxylic acid groups (broad SMARTS) is 1. The van der Waals surface area contributed by atoms with E-state index in [9.17, 15) is 29.4 Å². The number of rotatable bonds is 28. The lowest BCUT2D eigenvalue weighted by atomic mass is 9.99. The lowest BCUT2D eigenvalue weighted by molar-refractivity contribution is -0.149. The first-order valence-electron chi connectivity index (χ1n) is 47.9. The van der Waals surface area contributed by atoms with E-state index in [1.165, 1.54) is 40.3 Å². The van der Waals surface area contributed by atoms with Gasteiger partial charge in [0.25, 0.3) is 0 Å². The molecule has 18 amide bonds. The second kappa shape index (κ2) is 58.7. The van der Waals surface area contributed by atoms with Gasteiger partial charge in [-0.25, -0.2) is 4.79 Å². The zero-order valence-corrected chi connectivity index (χ0v) is 85.8. The summed E-state index contributed by atoms with van der Waals surface area (Å²) in [6, 6.07) is -11.8. The summed E-state index contributed by atoms with van der Waals surface area (Å²) in [7, 11) is 3.18. The number of aliphatic hydroxyl groups is 1. The van der Waals surface area contributed by atoms with E-state index in [1.54, 1.807) is 122 Å². The number of aliphatic carboxylic acids is 1. The van der Waals surface area contributed by atoms with E-state index < -0.39 is 286 Å². The Morgan fingerprint density at radius 1 is 0.482 bits per heavy atom. The summed E-state index contributed by atoms with van der Waals surface area (Å²) in [5, 5.41) is 71.0. The molecule has 0 spiro atoms. The molecule has 25 N–H and O–H groups in total. The predicted molar refractivity (Wildman–Crippen MR) is 536 cm³/mol. The van der Waals surface area contributed by atoms with Gasteiger partial charge < -0.3 is 127 Å². The highest BCUT2D eigenvalue weighted by molar-refractivity contribution is 8.77. The summed E-state index contributed by atoms with van der Waals surface area (Å²) in [6.07, 6.45) is 2.97. The van der Waals surface area contributed by atoms with E-state index in [4.69, 9.17) is 22.6 Å². The second-order valence-corrected chi connectivity index (χ2v) is 43.3. The Labute approximate surface area is 842 Å². The van der Waals surface area contributed by atoms with Crippen molar-refractivity contribution in [1.82, 2.24) is 99.8 Å². The van der Waals surface area contributed by atoms with Crippen LogP contribution in [-0.2, 0) is 104 Å². The maximum Gasteiger partial charge on any atom is 0.328 e. The number of fused-ring (bicyclic) bond motifs is 11. The maximum atomic E-state index is 15.7. The number of nitrogens with one attached hydrogen (secondary N) is 17. The first kappa shape index (κ1) is 117. The van der Waals surface area contributed by atoms with E-state index in [-0.39, 0.29) is 103 Å². The molecule has 0 radical (unpaired) electrons. The highest BCUT2D eigenvalue weighted by Gasteiger charge is 2.48. The third-order valence-corrected chi connectivity index (χ3v) is 29.9. The fourth-order valence-corrected chi connectivity index (χ4v) is 21.6. The minimum Gasteiger partial charge on any atom is -0.480 e. The summed E-state index contributed by atoms with van der Waals surface area (Å²) < 4.78 is 0. The Bertz CT molecular complexity index is 4650. The zero-order valence-electron chi connectivity index (χ0n) is 81.7. The van der Waals surface area contributed by atoms with Crippen LogP contribution in [0, 0.1) is 29.1 Å². The number of unbranched alkanes of at least 4 members (excludes halogenated alkanes) is 1. The smallest absolute Gasteiger partial charge is 0.328 e. The van der Waals surface area contributed by atoms with Crippen molar-refractivity contribution in [2.75, 3.05) is 74.4 Å². The molecule has 5 aliphatic rings. The van der Waals surface area contributed by atoms with Gasteiger partial charge in [-0.05, 0) is 151 Å². The lowest BCUT2D eigenvalue weighted by Crippen LogP contribution is -2.62. The molecule has 2 aromatic rings. The van der Waals surface area contributed by atoms with E-state index >= 15 is 71.9 Å². The Hall–Kier alpha value is -10.7.